The van der Waals surface area contributed by atoms with Crippen molar-refractivity contribution >= 4 is 29.1 Å². The molecule has 0 saturated heterocycles. The van der Waals surface area contributed by atoms with Crippen LogP contribution in [0.5, 0.6) is 0 Å². The fourth-order valence-corrected chi connectivity index (χ4v) is 1.42. The molecule has 1 rings (SSSR count). The molecule has 4 nitrogen and oxygen atoms in total. The van der Waals surface area contributed by atoms with Crippen molar-refractivity contribution in [3.05, 3.63) is 28.0 Å². The van der Waals surface area contributed by atoms with Gasteiger partial charge in [-0.05, 0) is 25.5 Å². The maximum absolute atomic E-state index is 11.9. The van der Waals surface area contributed by atoms with E-state index in [-0.39, 0.29) is 15.9 Å². The van der Waals surface area contributed by atoms with Crippen molar-refractivity contribution in [2.24, 2.45) is 0 Å². The molecule has 17 heavy (non-hydrogen) atoms. The fraction of sp³-hybridized carbons (Fsp3) is 0.364. The molecule has 0 saturated carbocycles. The Kier molecular flexibility index (Phi) is 4.33. The Morgan fingerprint density at radius 1 is 1.59 bits per heavy atom. The van der Waals surface area contributed by atoms with Gasteiger partial charge in [-0.2, -0.15) is 5.26 Å². The van der Waals surface area contributed by atoms with Crippen LogP contribution < -0.4 is 5.32 Å². The van der Waals surface area contributed by atoms with Gasteiger partial charge in [-0.15, -0.1) is 0 Å². The third-order valence-electron chi connectivity index (χ3n) is 2.37. The lowest BCUT2D eigenvalue weighted by molar-refractivity contribution is 0.0918. The molecule has 0 fully saturated rings. The number of hydrogen-bond donors (Lipinski definition) is 1. The zero-order valence-corrected chi connectivity index (χ0v) is 10.9. The summed E-state index contributed by atoms with van der Waals surface area (Å²) in [4.78, 5) is 15.7. The highest BCUT2D eigenvalue weighted by atomic mass is 35.5. The Bertz CT molecular complexity index is 484. The van der Waals surface area contributed by atoms with Crippen molar-refractivity contribution in [1.82, 2.24) is 10.3 Å². The summed E-state index contributed by atoms with van der Waals surface area (Å²) in [5.74, 6) is -0.511. The highest BCUT2D eigenvalue weighted by Crippen LogP contribution is 2.18. The largest absolute Gasteiger partial charge is 0.333 e. The molecule has 0 radical (unpaired) electrons. The molecular formula is C11H11Cl2N3O. The summed E-state index contributed by atoms with van der Waals surface area (Å²) in [5.41, 5.74) is -0.918. The molecule has 0 aliphatic carbocycles. The van der Waals surface area contributed by atoms with Crippen LogP contribution in [0.4, 0.5) is 0 Å². The molecule has 0 bridgehead atoms. The van der Waals surface area contributed by atoms with E-state index in [9.17, 15) is 4.79 Å². The number of nitrogens with zero attached hydrogens (tertiary/aromatic N) is 2. The first-order valence-electron chi connectivity index (χ1n) is 4.97. The van der Waals surface area contributed by atoms with E-state index < -0.39 is 11.4 Å². The van der Waals surface area contributed by atoms with Crippen molar-refractivity contribution in [2.75, 3.05) is 0 Å². The molecule has 0 aliphatic rings. The second-order valence-corrected chi connectivity index (χ2v) is 4.51. The number of hydrogen-bond acceptors (Lipinski definition) is 3. The third kappa shape index (κ3) is 3.32. The first-order valence-corrected chi connectivity index (χ1v) is 5.73. The molecule has 1 unspecified atom stereocenters. The number of rotatable bonds is 3. The summed E-state index contributed by atoms with van der Waals surface area (Å²) in [7, 11) is 0. The number of amides is 1. The van der Waals surface area contributed by atoms with E-state index in [0.717, 1.165) is 0 Å². The average molecular weight is 272 g/mol. The van der Waals surface area contributed by atoms with Crippen molar-refractivity contribution in [1.29, 1.82) is 5.26 Å². The van der Waals surface area contributed by atoms with E-state index in [0.29, 0.717) is 6.42 Å². The van der Waals surface area contributed by atoms with Crippen molar-refractivity contribution in [2.45, 2.75) is 25.8 Å². The Morgan fingerprint density at radius 3 is 2.76 bits per heavy atom. The third-order valence-corrected chi connectivity index (χ3v) is 2.89. The number of nitriles is 1. The normalized spacial score (nSPS) is 13.6. The number of pyridine rings is 1. The van der Waals surface area contributed by atoms with Crippen LogP contribution in [0.15, 0.2) is 12.1 Å². The maximum Gasteiger partial charge on any atom is 0.272 e. The second-order valence-electron chi connectivity index (χ2n) is 3.72. The molecule has 0 aromatic carbocycles. The lowest BCUT2D eigenvalue weighted by Gasteiger charge is -2.21. The van der Waals surface area contributed by atoms with Crippen molar-refractivity contribution in [3.8, 4) is 6.07 Å². The van der Waals surface area contributed by atoms with Crippen LogP contribution in [0.25, 0.3) is 0 Å². The van der Waals surface area contributed by atoms with Gasteiger partial charge in [0.15, 0.2) is 0 Å². The Hall–Kier alpha value is -1.31. The van der Waals surface area contributed by atoms with E-state index in [2.05, 4.69) is 10.3 Å². The fourth-order valence-electron chi connectivity index (χ4n) is 1.08. The summed E-state index contributed by atoms with van der Waals surface area (Å²) in [6.45, 7) is 3.43. The van der Waals surface area contributed by atoms with Crippen LogP contribution in [0.2, 0.25) is 10.2 Å². The van der Waals surface area contributed by atoms with E-state index in [4.69, 9.17) is 28.5 Å². The van der Waals surface area contributed by atoms with Gasteiger partial charge in [0, 0.05) is 0 Å². The predicted octanol–water partition coefficient (Wildman–Crippen LogP) is 2.81. The van der Waals surface area contributed by atoms with E-state index >= 15 is 0 Å². The average Bonchev–Trinajstić information content (AvgIpc) is 2.32. The van der Waals surface area contributed by atoms with Crippen molar-refractivity contribution < 1.29 is 4.79 Å². The summed E-state index contributed by atoms with van der Waals surface area (Å²) < 4.78 is 0. The Labute approximate surface area is 110 Å². The van der Waals surface area contributed by atoms with E-state index in [1.807, 2.05) is 6.07 Å². The van der Waals surface area contributed by atoms with Gasteiger partial charge < -0.3 is 5.32 Å². The van der Waals surface area contributed by atoms with Gasteiger partial charge in [-0.3, -0.25) is 4.79 Å². The highest BCUT2D eigenvalue weighted by Gasteiger charge is 2.26. The van der Waals surface area contributed by atoms with Crippen LogP contribution in [0.1, 0.15) is 30.8 Å². The number of carbonyl (C=O) groups is 1. The van der Waals surface area contributed by atoms with Crippen LogP contribution >= 0.6 is 23.2 Å². The Balaban J connectivity index is 2.99. The van der Waals surface area contributed by atoms with Gasteiger partial charge in [0.25, 0.3) is 5.91 Å². The van der Waals surface area contributed by atoms with Gasteiger partial charge in [0.1, 0.15) is 16.4 Å². The molecule has 1 N–H and O–H groups in total. The summed E-state index contributed by atoms with van der Waals surface area (Å²) in [5, 5.41) is 11.9. The molecule has 90 valence electrons. The minimum Gasteiger partial charge on any atom is -0.333 e. The lowest BCUT2D eigenvalue weighted by atomic mass is 10.0. The first kappa shape index (κ1) is 13.8. The maximum atomic E-state index is 11.9. The van der Waals surface area contributed by atoms with Crippen LogP contribution in [-0.2, 0) is 0 Å². The van der Waals surface area contributed by atoms with Crippen LogP contribution in [-0.4, -0.2) is 16.4 Å². The summed E-state index contributed by atoms with van der Waals surface area (Å²) in [6.07, 6.45) is 0.480. The topological polar surface area (TPSA) is 65.8 Å². The standard InChI is InChI=1S/C11H11Cl2N3O/c1-3-11(2,6-14)16-10(17)9-7(12)4-5-8(13)15-9/h4-5H,3H2,1-2H3,(H,16,17). The summed E-state index contributed by atoms with van der Waals surface area (Å²) in [6, 6.07) is 5.00. The monoisotopic (exact) mass is 271 g/mol. The molecular weight excluding hydrogens is 261 g/mol. The molecule has 1 amide bonds. The van der Waals surface area contributed by atoms with E-state index in [1.54, 1.807) is 13.8 Å². The zero-order valence-electron chi connectivity index (χ0n) is 9.42. The van der Waals surface area contributed by atoms with Crippen molar-refractivity contribution in [3.63, 3.8) is 0 Å². The van der Waals surface area contributed by atoms with Crippen LogP contribution in [0.3, 0.4) is 0 Å². The molecule has 6 heteroatoms. The molecule has 1 aromatic rings. The lowest BCUT2D eigenvalue weighted by Crippen LogP contribution is -2.44. The quantitative estimate of drug-likeness (QED) is 0.860. The van der Waals surface area contributed by atoms with Gasteiger partial charge in [0.05, 0.1) is 11.1 Å². The first-order chi connectivity index (χ1) is 7.91. The number of nitrogens with one attached hydrogen (secondary N) is 1. The number of halogens is 2. The van der Waals surface area contributed by atoms with Gasteiger partial charge in [0.2, 0.25) is 0 Å². The molecule has 1 atom stereocenters. The van der Waals surface area contributed by atoms with Gasteiger partial charge in [-0.25, -0.2) is 4.98 Å². The molecule has 1 aromatic heterocycles. The van der Waals surface area contributed by atoms with E-state index in [1.165, 1.54) is 12.1 Å². The molecule has 1 heterocycles. The van der Waals surface area contributed by atoms with Crippen LogP contribution in [0, 0.1) is 11.3 Å². The van der Waals surface area contributed by atoms with Gasteiger partial charge in [-0.1, -0.05) is 30.1 Å². The summed E-state index contributed by atoms with van der Waals surface area (Å²) >= 11 is 11.5. The number of aromatic nitrogens is 1. The smallest absolute Gasteiger partial charge is 0.272 e. The SMILES string of the molecule is CCC(C)(C#N)NC(=O)c1nc(Cl)ccc1Cl. The van der Waals surface area contributed by atoms with Gasteiger partial charge >= 0.3 is 0 Å². The highest BCUT2D eigenvalue weighted by molar-refractivity contribution is 6.34. The Morgan fingerprint density at radius 2 is 2.24 bits per heavy atom. The minimum absolute atomic E-state index is 0.0223. The molecule has 0 spiro atoms. The zero-order chi connectivity index (χ0) is 13.1. The number of carbonyl (C=O) groups excluding carboxylic acids is 1. The molecule has 0 aliphatic heterocycles. The second kappa shape index (κ2) is 5.35. The predicted molar refractivity (Wildman–Crippen MR) is 66.0 cm³/mol. The minimum atomic E-state index is -0.940.